The van der Waals surface area contributed by atoms with Gasteiger partial charge in [-0.25, -0.2) is 0 Å². The van der Waals surface area contributed by atoms with E-state index in [1.807, 2.05) is 62.4 Å². The highest BCUT2D eigenvalue weighted by molar-refractivity contribution is 5.97. The lowest BCUT2D eigenvalue weighted by atomic mass is 9.75. The Balaban J connectivity index is 1.46. The van der Waals surface area contributed by atoms with Crippen molar-refractivity contribution in [3.63, 3.8) is 0 Å². The van der Waals surface area contributed by atoms with Gasteiger partial charge in [0.05, 0.1) is 40.5 Å². The predicted molar refractivity (Wildman–Crippen MR) is 227 cm³/mol. The quantitative estimate of drug-likeness (QED) is 0.0736. The number of ether oxygens (including phenoxy) is 4. The largest absolute Gasteiger partial charge is 0.496 e. The number of methoxy groups -OCH3 is 4. The number of carbonyl (C=O) groups is 2. The number of amides is 2. The molecule has 0 fully saturated rings. The minimum Gasteiger partial charge on any atom is -0.496 e. The minimum atomic E-state index is -1.99. The Hall–Kier alpha value is -6.62. The average molecular weight is 795 g/mol. The maximum atomic E-state index is 14.5. The molecule has 0 radical (unpaired) electrons. The van der Waals surface area contributed by atoms with Crippen LogP contribution >= 0.6 is 0 Å². The smallest absolute Gasteiger partial charge is 0.230 e. The zero-order valence-corrected chi connectivity index (χ0v) is 34.1. The summed E-state index contributed by atoms with van der Waals surface area (Å²) in [7, 11) is 6.04. The van der Waals surface area contributed by atoms with Crippen LogP contribution in [0.4, 0.5) is 0 Å². The van der Waals surface area contributed by atoms with Gasteiger partial charge in [0, 0.05) is 22.3 Å². The highest BCUT2D eigenvalue weighted by Gasteiger charge is 2.48. The molecule has 304 valence electrons. The highest BCUT2D eigenvalue weighted by Crippen LogP contribution is 2.50. The van der Waals surface area contributed by atoms with Crippen molar-refractivity contribution in [2.24, 2.45) is 0 Å². The fraction of sp³-hybridized carbons (Fsp3) is 0.224. The third-order valence-corrected chi connectivity index (χ3v) is 10.8. The first-order chi connectivity index (χ1) is 28.5. The molecule has 6 aromatic carbocycles. The number of hydrogen-bond donors (Lipinski definition) is 4. The molecule has 59 heavy (non-hydrogen) atoms. The summed E-state index contributed by atoms with van der Waals surface area (Å²) in [6.07, 6.45) is -0.674. The summed E-state index contributed by atoms with van der Waals surface area (Å²) in [6.45, 7) is 3.77. The van der Waals surface area contributed by atoms with Crippen molar-refractivity contribution in [2.75, 3.05) is 28.4 Å². The Morgan fingerprint density at radius 1 is 0.458 bits per heavy atom. The highest BCUT2D eigenvalue weighted by atomic mass is 16.5. The maximum Gasteiger partial charge on any atom is 0.230 e. The summed E-state index contributed by atoms with van der Waals surface area (Å²) in [6, 6.07) is 40.6. The summed E-state index contributed by atoms with van der Waals surface area (Å²) in [5.41, 5.74) is 0.232. The van der Waals surface area contributed by atoms with Crippen molar-refractivity contribution < 1.29 is 38.7 Å². The molecule has 0 aliphatic heterocycles. The van der Waals surface area contributed by atoms with Gasteiger partial charge in [-0.3, -0.25) is 9.59 Å². The second kappa shape index (κ2) is 18.3. The zero-order chi connectivity index (χ0) is 42.2. The number of aliphatic hydroxyl groups is 2. The third kappa shape index (κ3) is 8.23. The van der Waals surface area contributed by atoms with Gasteiger partial charge in [-0.2, -0.15) is 0 Å². The van der Waals surface area contributed by atoms with Gasteiger partial charge >= 0.3 is 0 Å². The van der Waals surface area contributed by atoms with Gasteiger partial charge in [0.1, 0.15) is 40.6 Å². The Kier molecular flexibility index (Phi) is 13.0. The van der Waals surface area contributed by atoms with E-state index in [0.717, 1.165) is 11.1 Å². The summed E-state index contributed by atoms with van der Waals surface area (Å²) >= 11 is 0. The standard InChI is InChI=1S/C49H50N2O8/c1-32-19-7-9-21-34(32)46(48(54,36-23-11-15-27-40(36)56-3)37-24-12-16-28-41(37)57-4)50-44(52)31-45(53)51-47(35-22-10-8-20-33(35)2)49(55,38-25-13-17-29-42(38)58-5)39-26-14-18-30-43(39)59-6/h7-30,46-47,54-55H,31H2,1-6H3,(H,50,52)(H,51,53)/t46-,47-/m1/s1. The Morgan fingerprint density at radius 3 is 0.983 bits per heavy atom. The lowest BCUT2D eigenvalue weighted by Gasteiger charge is -2.40. The van der Waals surface area contributed by atoms with Crippen LogP contribution in [0.15, 0.2) is 146 Å². The van der Waals surface area contributed by atoms with Gasteiger partial charge in [-0.05, 0) is 60.4 Å². The van der Waals surface area contributed by atoms with Crippen molar-refractivity contribution in [2.45, 2.75) is 43.6 Å². The average Bonchev–Trinajstić information content (AvgIpc) is 3.27. The normalized spacial score (nSPS) is 12.5. The molecule has 0 heterocycles. The monoisotopic (exact) mass is 794 g/mol. The van der Waals surface area contributed by atoms with E-state index < -0.39 is 41.5 Å². The number of hydrogen-bond acceptors (Lipinski definition) is 8. The topological polar surface area (TPSA) is 136 Å². The predicted octanol–water partition coefficient (Wildman–Crippen LogP) is 7.61. The molecule has 0 aliphatic rings. The molecule has 10 nitrogen and oxygen atoms in total. The molecule has 2 amide bonds. The van der Waals surface area contributed by atoms with Crippen LogP contribution in [0.3, 0.4) is 0 Å². The second-order valence-electron chi connectivity index (χ2n) is 14.2. The molecule has 0 spiro atoms. The van der Waals surface area contributed by atoms with Crippen LogP contribution in [0.1, 0.15) is 63.0 Å². The molecule has 0 saturated carbocycles. The molecule has 0 saturated heterocycles. The van der Waals surface area contributed by atoms with Crippen molar-refractivity contribution in [3.05, 3.63) is 190 Å². The first kappa shape index (κ1) is 42.0. The zero-order valence-electron chi connectivity index (χ0n) is 34.1. The number of carbonyl (C=O) groups excluding carboxylic acids is 2. The molecule has 6 aromatic rings. The molecule has 0 bridgehead atoms. The summed E-state index contributed by atoms with van der Waals surface area (Å²) in [5, 5.41) is 32.8. The third-order valence-electron chi connectivity index (χ3n) is 10.8. The van der Waals surface area contributed by atoms with Crippen LogP contribution < -0.4 is 29.6 Å². The maximum absolute atomic E-state index is 14.5. The first-order valence-electron chi connectivity index (χ1n) is 19.2. The molecule has 4 N–H and O–H groups in total. The van der Waals surface area contributed by atoms with E-state index in [-0.39, 0.29) is 0 Å². The van der Waals surface area contributed by atoms with E-state index in [0.29, 0.717) is 56.4 Å². The second-order valence-corrected chi connectivity index (χ2v) is 14.2. The number of nitrogens with one attached hydrogen (secondary N) is 2. The van der Waals surface area contributed by atoms with Crippen molar-refractivity contribution in [1.82, 2.24) is 10.6 Å². The van der Waals surface area contributed by atoms with E-state index in [4.69, 9.17) is 18.9 Å². The molecular formula is C49H50N2O8. The van der Waals surface area contributed by atoms with Gasteiger partial charge in [0.25, 0.3) is 0 Å². The van der Waals surface area contributed by atoms with E-state index in [2.05, 4.69) is 10.6 Å². The van der Waals surface area contributed by atoms with Gasteiger partial charge in [-0.1, -0.05) is 121 Å². The Morgan fingerprint density at radius 2 is 0.712 bits per heavy atom. The number of para-hydroxylation sites is 4. The summed E-state index contributed by atoms with van der Waals surface area (Å²) in [4.78, 5) is 29.0. The summed E-state index contributed by atoms with van der Waals surface area (Å²) < 4.78 is 23.1. The lowest BCUT2D eigenvalue weighted by Crippen LogP contribution is -2.48. The fourth-order valence-electron chi connectivity index (χ4n) is 7.96. The molecule has 10 heteroatoms. The van der Waals surface area contributed by atoms with Crippen molar-refractivity contribution in [1.29, 1.82) is 0 Å². The molecule has 0 unspecified atom stereocenters. The van der Waals surface area contributed by atoms with Crippen LogP contribution in [0.25, 0.3) is 0 Å². The SMILES string of the molecule is COc1ccccc1C(O)(c1ccccc1OC)[C@H](NC(=O)CC(=O)N[C@H](c1ccccc1C)C(O)(c1ccccc1OC)c1ccccc1OC)c1ccccc1C. The molecule has 2 atom stereocenters. The van der Waals surface area contributed by atoms with Crippen LogP contribution in [-0.2, 0) is 20.8 Å². The van der Waals surface area contributed by atoms with E-state index in [1.54, 1.807) is 97.1 Å². The molecular weight excluding hydrogens is 745 g/mol. The number of rotatable bonds is 16. The van der Waals surface area contributed by atoms with Crippen molar-refractivity contribution >= 4 is 11.8 Å². The fourth-order valence-corrected chi connectivity index (χ4v) is 7.96. The molecule has 0 aliphatic carbocycles. The van der Waals surface area contributed by atoms with Crippen LogP contribution in [0.5, 0.6) is 23.0 Å². The van der Waals surface area contributed by atoms with E-state index >= 15 is 0 Å². The van der Waals surface area contributed by atoms with Crippen LogP contribution in [0, 0.1) is 13.8 Å². The molecule has 0 aromatic heterocycles. The first-order valence-corrected chi connectivity index (χ1v) is 19.2. The van der Waals surface area contributed by atoms with Crippen molar-refractivity contribution in [3.8, 4) is 23.0 Å². The Labute approximate surface area is 345 Å². The number of benzene rings is 6. The van der Waals surface area contributed by atoms with Gasteiger partial charge in [-0.15, -0.1) is 0 Å². The minimum absolute atomic E-state index is 0.364. The molecule has 6 rings (SSSR count). The van der Waals surface area contributed by atoms with Gasteiger partial charge in [0.2, 0.25) is 11.8 Å². The lowest BCUT2D eigenvalue weighted by molar-refractivity contribution is -0.132. The van der Waals surface area contributed by atoms with Crippen LogP contribution in [-0.4, -0.2) is 50.5 Å². The van der Waals surface area contributed by atoms with Crippen LogP contribution in [0.2, 0.25) is 0 Å². The summed E-state index contributed by atoms with van der Waals surface area (Å²) in [5.74, 6) is 0.111. The van der Waals surface area contributed by atoms with E-state index in [1.165, 1.54) is 28.4 Å². The Bertz CT molecular complexity index is 2150. The van der Waals surface area contributed by atoms with Gasteiger partial charge < -0.3 is 39.8 Å². The van der Waals surface area contributed by atoms with E-state index in [9.17, 15) is 19.8 Å². The van der Waals surface area contributed by atoms with Gasteiger partial charge in [0.15, 0.2) is 0 Å². The number of aryl methyl sites for hydroxylation is 2.